The highest BCUT2D eigenvalue weighted by Crippen LogP contribution is 2.20. The van der Waals surface area contributed by atoms with Crippen LogP contribution in [0.25, 0.3) is 0 Å². The van der Waals surface area contributed by atoms with Crippen LogP contribution in [0, 0.1) is 0 Å². The van der Waals surface area contributed by atoms with Crippen LogP contribution in [0.15, 0.2) is 18.2 Å². The Kier molecular flexibility index (Phi) is 3.94. The van der Waals surface area contributed by atoms with Crippen molar-refractivity contribution in [3.63, 3.8) is 0 Å². The molecule has 4 nitrogen and oxygen atoms in total. The number of carboxylic acids is 1. The van der Waals surface area contributed by atoms with Crippen molar-refractivity contribution in [2.75, 3.05) is 11.9 Å². The minimum atomic E-state index is -1.04. The molecule has 0 heterocycles. The molecule has 0 aliphatic carbocycles. The fraction of sp³-hybridized carbons (Fsp3) is 0.300. The lowest BCUT2D eigenvalue weighted by Gasteiger charge is -2.10. The molecule has 1 unspecified atom stereocenters. The van der Waals surface area contributed by atoms with E-state index in [-0.39, 0.29) is 16.6 Å². The Morgan fingerprint density at radius 3 is 2.87 bits per heavy atom. The summed E-state index contributed by atoms with van der Waals surface area (Å²) in [6.45, 7) is 2.45. The van der Waals surface area contributed by atoms with Crippen molar-refractivity contribution in [2.24, 2.45) is 5.73 Å². The summed E-state index contributed by atoms with van der Waals surface area (Å²) in [6, 6.07) is 4.77. The Morgan fingerprint density at radius 1 is 1.67 bits per heavy atom. The molecule has 15 heavy (non-hydrogen) atoms. The maximum absolute atomic E-state index is 10.8. The van der Waals surface area contributed by atoms with Crippen molar-refractivity contribution in [1.29, 1.82) is 0 Å². The number of anilines is 1. The summed E-state index contributed by atoms with van der Waals surface area (Å²) in [5, 5.41) is 12.1. The van der Waals surface area contributed by atoms with Gasteiger partial charge in [-0.25, -0.2) is 4.79 Å². The number of nitrogens with two attached hydrogens (primary N) is 1. The summed E-state index contributed by atoms with van der Waals surface area (Å²) in [6.07, 6.45) is 0. The van der Waals surface area contributed by atoms with Gasteiger partial charge in [0.05, 0.1) is 10.6 Å². The number of benzene rings is 1. The molecule has 0 bridgehead atoms. The van der Waals surface area contributed by atoms with E-state index in [4.69, 9.17) is 22.4 Å². The van der Waals surface area contributed by atoms with Gasteiger partial charge in [0.25, 0.3) is 0 Å². The van der Waals surface area contributed by atoms with Gasteiger partial charge >= 0.3 is 5.97 Å². The van der Waals surface area contributed by atoms with Crippen molar-refractivity contribution in [2.45, 2.75) is 13.0 Å². The summed E-state index contributed by atoms with van der Waals surface area (Å²) >= 11 is 5.72. The molecule has 5 heteroatoms. The number of aromatic carboxylic acids is 1. The molecule has 1 rings (SSSR count). The summed E-state index contributed by atoms with van der Waals surface area (Å²) in [4.78, 5) is 10.8. The van der Waals surface area contributed by atoms with Crippen molar-refractivity contribution in [3.05, 3.63) is 28.8 Å². The molecular formula is C10H13ClN2O2. The molecule has 0 saturated heterocycles. The zero-order chi connectivity index (χ0) is 11.4. The SMILES string of the molecule is CC(N)CNc1ccc(Cl)c(C(=O)O)c1. The smallest absolute Gasteiger partial charge is 0.337 e. The van der Waals surface area contributed by atoms with Gasteiger partial charge in [0.1, 0.15) is 0 Å². The van der Waals surface area contributed by atoms with E-state index >= 15 is 0 Å². The standard InChI is InChI=1S/C10H13ClN2O2/c1-6(12)5-13-7-2-3-9(11)8(4-7)10(14)15/h2-4,6,13H,5,12H2,1H3,(H,14,15). The summed E-state index contributed by atoms with van der Waals surface area (Å²) in [5.41, 5.74) is 6.36. The third-order valence-corrected chi connectivity index (χ3v) is 2.15. The Labute approximate surface area is 93.0 Å². The summed E-state index contributed by atoms with van der Waals surface area (Å²) in [7, 11) is 0. The number of rotatable bonds is 4. The average molecular weight is 229 g/mol. The first-order valence-electron chi connectivity index (χ1n) is 4.53. The lowest BCUT2D eigenvalue weighted by atomic mass is 10.2. The molecule has 82 valence electrons. The molecule has 4 N–H and O–H groups in total. The van der Waals surface area contributed by atoms with Crippen LogP contribution in [0.5, 0.6) is 0 Å². The summed E-state index contributed by atoms with van der Waals surface area (Å²) in [5.74, 6) is -1.04. The largest absolute Gasteiger partial charge is 0.478 e. The van der Waals surface area contributed by atoms with E-state index in [2.05, 4.69) is 5.32 Å². The Morgan fingerprint density at radius 2 is 2.33 bits per heavy atom. The zero-order valence-corrected chi connectivity index (χ0v) is 9.08. The Balaban J connectivity index is 2.83. The average Bonchev–Trinajstić information content (AvgIpc) is 2.16. The first-order valence-corrected chi connectivity index (χ1v) is 4.91. The zero-order valence-electron chi connectivity index (χ0n) is 8.33. The first-order chi connectivity index (χ1) is 7.00. The van der Waals surface area contributed by atoms with E-state index in [1.165, 1.54) is 6.07 Å². The monoisotopic (exact) mass is 228 g/mol. The van der Waals surface area contributed by atoms with E-state index in [9.17, 15) is 4.79 Å². The number of hydrogen-bond donors (Lipinski definition) is 3. The van der Waals surface area contributed by atoms with Crippen molar-refractivity contribution in [1.82, 2.24) is 0 Å². The van der Waals surface area contributed by atoms with E-state index in [1.54, 1.807) is 12.1 Å². The van der Waals surface area contributed by atoms with Crippen molar-refractivity contribution in [3.8, 4) is 0 Å². The minimum absolute atomic E-state index is 0.00829. The molecule has 1 aromatic rings. The first kappa shape index (κ1) is 11.8. The number of carbonyl (C=O) groups is 1. The second-order valence-corrected chi connectivity index (χ2v) is 3.77. The van der Waals surface area contributed by atoms with Crippen LogP contribution in [-0.2, 0) is 0 Å². The van der Waals surface area contributed by atoms with Gasteiger partial charge in [-0.3, -0.25) is 0 Å². The third-order valence-electron chi connectivity index (χ3n) is 1.82. The normalized spacial score (nSPS) is 12.2. The maximum Gasteiger partial charge on any atom is 0.337 e. The van der Waals surface area contributed by atoms with Crippen LogP contribution in [0.1, 0.15) is 17.3 Å². The summed E-state index contributed by atoms with van der Waals surface area (Å²) < 4.78 is 0. The molecule has 1 aromatic carbocycles. The van der Waals surface area contributed by atoms with Crippen molar-refractivity contribution >= 4 is 23.3 Å². The van der Waals surface area contributed by atoms with Gasteiger partial charge in [0.15, 0.2) is 0 Å². The molecule has 0 radical (unpaired) electrons. The fourth-order valence-corrected chi connectivity index (χ4v) is 1.28. The number of hydrogen-bond acceptors (Lipinski definition) is 3. The predicted molar refractivity (Wildman–Crippen MR) is 60.6 cm³/mol. The molecule has 0 saturated carbocycles. The third kappa shape index (κ3) is 3.42. The number of halogens is 1. The molecule has 0 aliphatic rings. The Bertz CT molecular complexity index is 366. The van der Waals surface area contributed by atoms with Gasteiger partial charge in [-0.1, -0.05) is 11.6 Å². The van der Waals surface area contributed by atoms with Gasteiger partial charge in [0.2, 0.25) is 0 Å². The van der Waals surface area contributed by atoms with Gasteiger partial charge in [-0.15, -0.1) is 0 Å². The molecule has 0 aliphatic heterocycles. The van der Waals surface area contributed by atoms with Crippen LogP contribution >= 0.6 is 11.6 Å². The van der Waals surface area contributed by atoms with Gasteiger partial charge < -0.3 is 16.2 Å². The van der Waals surface area contributed by atoms with Gasteiger partial charge in [-0.2, -0.15) is 0 Å². The fourth-order valence-electron chi connectivity index (χ4n) is 1.08. The second-order valence-electron chi connectivity index (χ2n) is 3.36. The molecular weight excluding hydrogens is 216 g/mol. The molecule has 1 atom stereocenters. The second kappa shape index (κ2) is 5.00. The lowest BCUT2D eigenvalue weighted by molar-refractivity contribution is 0.0697. The quantitative estimate of drug-likeness (QED) is 0.735. The maximum atomic E-state index is 10.8. The van der Waals surface area contributed by atoms with Gasteiger partial charge in [-0.05, 0) is 25.1 Å². The van der Waals surface area contributed by atoms with Crippen LogP contribution in [0.3, 0.4) is 0 Å². The molecule has 0 aromatic heterocycles. The molecule has 0 spiro atoms. The molecule has 0 fully saturated rings. The molecule has 0 amide bonds. The van der Waals surface area contributed by atoms with Crippen molar-refractivity contribution < 1.29 is 9.90 Å². The van der Waals surface area contributed by atoms with E-state index < -0.39 is 5.97 Å². The minimum Gasteiger partial charge on any atom is -0.478 e. The highest BCUT2D eigenvalue weighted by molar-refractivity contribution is 6.33. The number of nitrogens with one attached hydrogen (secondary N) is 1. The van der Waals surface area contributed by atoms with E-state index in [0.29, 0.717) is 12.2 Å². The Hall–Kier alpha value is -1.26. The topological polar surface area (TPSA) is 75.3 Å². The number of carboxylic acid groups (broad SMARTS) is 1. The van der Waals surface area contributed by atoms with E-state index in [0.717, 1.165) is 0 Å². The van der Waals surface area contributed by atoms with Gasteiger partial charge in [0, 0.05) is 18.3 Å². The van der Waals surface area contributed by atoms with Crippen LogP contribution < -0.4 is 11.1 Å². The highest BCUT2D eigenvalue weighted by atomic mass is 35.5. The van der Waals surface area contributed by atoms with E-state index in [1.807, 2.05) is 6.92 Å². The van der Waals surface area contributed by atoms with Crippen LogP contribution in [-0.4, -0.2) is 23.7 Å². The lowest BCUT2D eigenvalue weighted by Crippen LogP contribution is -2.25. The van der Waals surface area contributed by atoms with Crippen LogP contribution in [0.4, 0.5) is 5.69 Å². The van der Waals surface area contributed by atoms with Crippen LogP contribution in [0.2, 0.25) is 5.02 Å². The predicted octanol–water partition coefficient (Wildman–Crippen LogP) is 1.80. The highest BCUT2D eigenvalue weighted by Gasteiger charge is 2.09.